The van der Waals surface area contributed by atoms with Gasteiger partial charge in [0, 0.05) is 0 Å². The van der Waals surface area contributed by atoms with Gasteiger partial charge >= 0.3 is 5.97 Å². The summed E-state index contributed by atoms with van der Waals surface area (Å²) in [7, 11) is 0. The van der Waals surface area contributed by atoms with Crippen LogP contribution < -0.4 is 0 Å². The molecule has 0 aliphatic heterocycles. The highest BCUT2D eigenvalue weighted by atomic mass is 19.1. The van der Waals surface area contributed by atoms with Gasteiger partial charge in [-0.2, -0.15) is 0 Å². The van der Waals surface area contributed by atoms with Crippen LogP contribution in [0.25, 0.3) is 0 Å². The summed E-state index contributed by atoms with van der Waals surface area (Å²) in [5.74, 6) is -1.14. The maximum absolute atomic E-state index is 13.3. The first-order valence-corrected chi connectivity index (χ1v) is 6.70. The molecule has 4 heteroatoms. The second-order valence-electron chi connectivity index (χ2n) is 5.26. The van der Waals surface area contributed by atoms with Crippen LogP contribution in [-0.2, 0) is 11.3 Å². The second kappa shape index (κ2) is 6.15. The molecule has 1 aliphatic rings. The summed E-state index contributed by atoms with van der Waals surface area (Å²) in [5.41, 5.74) is 0.547. The van der Waals surface area contributed by atoms with Gasteiger partial charge in [0.1, 0.15) is 5.82 Å². The Labute approximate surface area is 112 Å². The summed E-state index contributed by atoms with van der Waals surface area (Å²) < 4.78 is 19.1. The smallest absolute Gasteiger partial charge is 0.335 e. The Morgan fingerprint density at radius 3 is 2.79 bits per heavy atom. The van der Waals surface area contributed by atoms with Crippen molar-refractivity contribution in [3.05, 3.63) is 35.1 Å². The minimum atomic E-state index is -1.12. The lowest BCUT2D eigenvalue weighted by atomic mass is 9.88. The number of rotatable bonds is 4. The Kier molecular flexibility index (Phi) is 4.53. The zero-order chi connectivity index (χ0) is 13.8. The minimum absolute atomic E-state index is 0.0321. The molecule has 0 bridgehead atoms. The average molecular weight is 266 g/mol. The molecule has 2 unspecified atom stereocenters. The number of carbonyl (C=O) groups is 1. The highest BCUT2D eigenvalue weighted by Crippen LogP contribution is 2.27. The van der Waals surface area contributed by atoms with Gasteiger partial charge in [-0.15, -0.1) is 0 Å². The number of halogens is 1. The van der Waals surface area contributed by atoms with Gasteiger partial charge in [-0.3, -0.25) is 0 Å². The highest BCUT2D eigenvalue weighted by molar-refractivity contribution is 5.87. The van der Waals surface area contributed by atoms with Crippen LogP contribution in [-0.4, -0.2) is 17.2 Å². The summed E-state index contributed by atoms with van der Waals surface area (Å²) in [4.78, 5) is 10.9. The lowest BCUT2D eigenvalue weighted by Gasteiger charge is -2.28. The van der Waals surface area contributed by atoms with Crippen LogP contribution in [0, 0.1) is 11.7 Å². The number of ether oxygens (including phenoxy) is 1. The highest BCUT2D eigenvalue weighted by Gasteiger charge is 2.21. The van der Waals surface area contributed by atoms with Gasteiger partial charge < -0.3 is 9.84 Å². The summed E-state index contributed by atoms with van der Waals surface area (Å²) >= 11 is 0. The molecule has 0 amide bonds. The average Bonchev–Trinajstić information content (AvgIpc) is 2.37. The fourth-order valence-electron chi connectivity index (χ4n) is 2.59. The molecule has 0 aromatic heterocycles. The number of hydrogen-bond acceptors (Lipinski definition) is 2. The molecule has 0 spiro atoms. The molecule has 0 heterocycles. The van der Waals surface area contributed by atoms with Gasteiger partial charge in [-0.05, 0) is 42.5 Å². The minimum Gasteiger partial charge on any atom is -0.478 e. The molecule has 1 saturated carbocycles. The zero-order valence-electron chi connectivity index (χ0n) is 11.1. The molecule has 1 aromatic rings. The Balaban J connectivity index is 2.00. The van der Waals surface area contributed by atoms with Gasteiger partial charge in [0.05, 0.1) is 18.3 Å². The van der Waals surface area contributed by atoms with E-state index >= 15 is 0 Å². The van der Waals surface area contributed by atoms with Gasteiger partial charge in [0.15, 0.2) is 0 Å². The molecule has 0 saturated heterocycles. The molecule has 1 aliphatic carbocycles. The quantitative estimate of drug-likeness (QED) is 0.905. The van der Waals surface area contributed by atoms with Crippen molar-refractivity contribution >= 4 is 5.97 Å². The predicted molar refractivity (Wildman–Crippen MR) is 69.6 cm³/mol. The van der Waals surface area contributed by atoms with Crippen LogP contribution in [0.5, 0.6) is 0 Å². The Hall–Kier alpha value is -1.42. The van der Waals surface area contributed by atoms with E-state index in [1.165, 1.54) is 25.0 Å². The maximum atomic E-state index is 13.3. The molecule has 2 rings (SSSR count). The van der Waals surface area contributed by atoms with E-state index < -0.39 is 11.8 Å². The van der Waals surface area contributed by atoms with Crippen molar-refractivity contribution in [1.82, 2.24) is 0 Å². The van der Waals surface area contributed by atoms with E-state index in [0.717, 1.165) is 18.9 Å². The third kappa shape index (κ3) is 3.77. The zero-order valence-corrected chi connectivity index (χ0v) is 11.1. The molecule has 1 aromatic carbocycles. The fraction of sp³-hybridized carbons (Fsp3) is 0.533. The largest absolute Gasteiger partial charge is 0.478 e. The van der Waals surface area contributed by atoms with Gasteiger partial charge in [-0.1, -0.05) is 19.8 Å². The van der Waals surface area contributed by atoms with E-state index in [-0.39, 0.29) is 18.3 Å². The van der Waals surface area contributed by atoms with Crippen molar-refractivity contribution < 1.29 is 19.0 Å². The maximum Gasteiger partial charge on any atom is 0.335 e. The SMILES string of the molecule is CC1CCCCC1OCc1cc(F)cc(C(=O)O)c1. The molecule has 2 atom stereocenters. The van der Waals surface area contributed by atoms with E-state index in [4.69, 9.17) is 9.84 Å². The summed E-state index contributed by atoms with van der Waals surface area (Å²) in [6.45, 7) is 2.44. The monoisotopic (exact) mass is 266 g/mol. The van der Waals surface area contributed by atoms with E-state index in [9.17, 15) is 9.18 Å². The third-order valence-electron chi connectivity index (χ3n) is 3.70. The van der Waals surface area contributed by atoms with E-state index in [1.807, 2.05) is 0 Å². The van der Waals surface area contributed by atoms with Crippen molar-refractivity contribution in [3.63, 3.8) is 0 Å². The summed E-state index contributed by atoms with van der Waals surface area (Å²) in [6.07, 6.45) is 4.80. The van der Waals surface area contributed by atoms with E-state index in [1.54, 1.807) is 0 Å². The molecule has 104 valence electrons. The lowest BCUT2D eigenvalue weighted by Crippen LogP contribution is -2.25. The van der Waals surface area contributed by atoms with Crippen LogP contribution in [0.3, 0.4) is 0 Å². The molecule has 1 fully saturated rings. The second-order valence-corrected chi connectivity index (χ2v) is 5.26. The van der Waals surface area contributed by atoms with Crippen molar-refractivity contribution in [3.8, 4) is 0 Å². The van der Waals surface area contributed by atoms with Gasteiger partial charge in [-0.25, -0.2) is 9.18 Å². The number of hydrogen-bond donors (Lipinski definition) is 1. The molecule has 3 nitrogen and oxygen atoms in total. The summed E-state index contributed by atoms with van der Waals surface area (Å²) in [6, 6.07) is 3.83. The van der Waals surface area contributed by atoms with Crippen LogP contribution in [0.15, 0.2) is 18.2 Å². The number of carboxylic acid groups (broad SMARTS) is 1. The molecule has 1 N–H and O–H groups in total. The standard InChI is InChI=1S/C15H19FO3/c1-10-4-2-3-5-14(10)19-9-11-6-12(15(17)18)8-13(16)7-11/h6-8,10,14H,2-5,9H2,1H3,(H,17,18). The predicted octanol–water partition coefficient (Wildman–Crippen LogP) is 3.62. The lowest BCUT2D eigenvalue weighted by molar-refractivity contribution is -0.0155. The summed E-state index contributed by atoms with van der Waals surface area (Å²) in [5, 5.41) is 8.89. The first-order chi connectivity index (χ1) is 9.06. The Bertz CT molecular complexity index is 459. The molecular weight excluding hydrogens is 247 g/mol. The third-order valence-corrected chi connectivity index (χ3v) is 3.70. The van der Waals surface area contributed by atoms with Gasteiger partial charge in [0.25, 0.3) is 0 Å². The Morgan fingerprint density at radius 1 is 1.37 bits per heavy atom. The van der Waals surface area contributed by atoms with Crippen LogP contribution in [0.1, 0.15) is 48.5 Å². The fourth-order valence-corrected chi connectivity index (χ4v) is 2.59. The number of aromatic carboxylic acids is 1. The Morgan fingerprint density at radius 2 is 2.11 bits per heavy atom. The molecule has 19 heavy (non-hydrogen) atoms. The first kappa shape index (κ1) is 14.0. The van der Waals surface area contributed by atoms with Crippen LogP contribution in [0.2, 0.25) is 0 Å². The first-order valence-electron chi connectivity index (χ1n) is 6.70. The van der Waals surface area contributed by atoms with Gasteiger partial charge in [0.2, 0.25) is 0 Å². The number of benzene rings is 1. The molecular formula is C15H19FO3. The van der Waals surface area contributed by atoms with Crippen LogP contribution >= 0.6 is 0 Å². The topological polar surface area (TPSA) is 46.5 Å². The van der Waals surface area contributed by atoms with Crippen molar-refractivity contribution in [1.29, 1.82) is 0 Å². The normalized spacial score (nSPS) is 23.3. The van der Waals surface area contributed by atoms with E-state index in [2.05, 4.69) is 6.92 Å². The number of carboxylic acids is 1. The van der Waals surface area contributed by atoms with Crippen molar-refractivity contribution in [2.45, 2.75) is 45.3 Å². The van der Waals surface area contributed by atoms with E-state index in [0.29, 0.717) is 11.5 Å². The van der Waals surface area contributed by atoms with Crippen molar-refractivity contribution in [2.75, 3.05) is 0 Å². The van der Waals surface area contributed by atoms with Crippen molar-refractivity contribution in [2.24, 2.45) is 5.92 Å². The molecule has 0 radical (unpaired) electrons. The van der Waals surface area contributed by atoms with Crippen LogP contribution in [0.4, 0.5) is 4.39 Å².